The molecule has 0 amide bonds. The zero-order valence-electron chi connectivity index (χ0n) is 9.74. The maximum atomic E-state index is 11.3. The van der Waals surface area contributed by atoms with E-state index in [1.807, 2.05) is 24.3 Å². The Morgan fingerprint density at radius 2 is 2.00 bits per heavy atom. The van der Waals surface area contributed by atoms with Crippen molar-refractivity contribution in [1.29, 1.82) is 0 Å². The fourth-order valence-corrected chi connectivity index (χ4v) is 1.73. The van der Waals surface area contributed by atoms with E-state index in [1.165, 1.54) is 7.11 Å². The van der Waals surface area contributed by atoms with Crippen molar-refractivity contribution in [2.75, 3.05) is 13.7 Å². The van der Waals surface area contributed by atoms with E-state index in [9.17, 15) is 9.59 Å². The van der Waals surface area contributed by atoms with E-state index in [0.29, 0.717) is 12.8 Å². The van der Waals surface area contributed by atoms with Crippen molar-refractivity contribution in [1.82, 2.24) is 0 Å². The Balaban J connectivity index is 2.53. The van der Waals surface area contributed by atoms with Crippen LogP contribution in [-0.2, 0) is 27.2 Å². The number of rotatable bonds is 7. The number of ether oxygens (including phenoxy) is 1. The minimum Gasteiger partial charge on any atom is -0.377 e. The Kier molecular flexibility index (Phi) is 5.87. The Hall–Kier alpha value is -1.19. The highest BCUT2D eigenvalue weighted by Crippen LogP contribution is 2.09. The van der Waals surface area contributed by atoms with Gasteiger partial charge in [-0.2, -0.15) is 0 Å². The molecule has 0 aliphatic heterocycles. The van der Waals surface area contributed by atoms with Crippen molar-refractivity contribution in [3.8, 4) is 0 Å². The summed E-state index contributed by atoms with van der Waals surface area (Å²) in [6.07, 6.45) is 1.33. The van der Waals surface area contributed by atoms with Crippen molar-refractivity contribution < 1.29 is 14.3 Å². The minimum atomic E-state index is -0.377. The average molecular weight is 255 g/mol. The molecule has 0 aromatic heterocycles. The van der Waals surface area contributed by atoms with E-state index in [2.05, 4.69) is 0 Å². The largest absolute Gasteiger partial charge is 0.377 e. The molecule has 0 aliphatic rings. The first-order valence-corrected chi connectivity index (χ1v) is 5.76. The quantitative estimate of drug-likeness (QED) is 0.701. The summed E-state index contributed by atoms with van der Waals surface area (Å²) in [4.78, 5) is 22.0. The van der Waals surface area contributed by atoms with Gasteiger partial charge >= 0.3 is 0 Å². The normalized spacial score (nSPS) is 10.2. The van der Waals surface area contributed by atoms with Crippen LogP contribution in [0.25, 0.3) is 0 Å². The molecule has 1 rings (SSSR count). The lowest BCUT2D eigenvalue weighted by molar-refractivity contribution is -0.122. The molecule has 0 aliphatic carbocycles. The molecule has 4 heteroatoms. The summed E-state index contributed by atoms with van der Waals surface area (Å²) in [7, 11) is 1.50. The van der Waals surface area contributed by atoms with Crippen molar-refractivity contribution in [2.45, 2.75) is 19.3 Å². The average Bonchev–Trinajstić information content (AvgIpc) is 2.26. The van der Waals surface area contributed by atoms with Crippen LogP contribution in [0.15, 0.2) is 24.3 Å². The van der Waals surface area contributed by atoms with Crippen molar-refractivity contribution >= 4 is 22.6 Å². The Morgan fingerprint density at radius 1 is 1.29 bits per heavy atom. The standard InChI is InChI=1S/C13H15ClO3/c1-17-9-12(15)6-5-10-3-2-4-11(7-10)8-13(14)16/h2-4,7H,5-6,8-9H2,1H3. The predicted octanol–water partition coefficient (Wildman–Crippen LogP) is 2.14. The number of methoxy groups -OCH3 is 1. The molecule has 0 spiro atoms. The second-order valence-electron chi connectivity index (χ2n) is 3.82. The maximum Gasteiger partial charge on any atom is 0.226 e. The molecule has 0 fully saturated rings. The number of Topliss-reactive ketones (excluding diaryl/α,β-unsaturated/α-hetero) is 1. The van der Waals surface area contributed by atoms with Gasteiger partial charge in [0.05, 0.1) is 0 Å². The number of carbonyl (C=O) groups is 2. The molecule has 0 N–H and O–H groups in total. The smallest absolute Gasteiger partial charge is 0.226 e. The van der Waals surface area contributed by atoms with Crippen LogP contribution >= 0.6 is 11.6 Å². The molecule has 1 aromatic rings. The van der Waals surface area contributed by atoms with E-state index < -0.39 is 0 Å². The summed E-state index contributed by atoms with van der Waals surface area (Å²) in [6.45, 7) is 0.153. The second-order valence-corrected chi connectivity index (χ2v) is 4.25. The fraction of sp³-hybridized carbons (Fsp3) is 0.385. The van der Waals surface area contributed by atoms with Crippen molar-refractivity contribution in [3.05, 3.63) is 35.4 Å². The summed E-state index contributed by atoms with van der Waals surface area (Å²) in [5.41, 5.74) is 1.91. The SMILES string of the molecule is COCC(=O)CCc1cccc(CC(=O)Cl)c1. The third kappa shape index (κ3) is 5.61. The molecule has 3 nitrogen and oxygen atoms in total. The fourth-order valence-electron chi connectivity index (χ4n) is 1.57. The number of halogens is 1. The summed E-state index contributed by atoms with van der Waals surface area (Å²) in [5.74, 6) is 0.0753. The second kappa shape index (κ2) is 7.20. The molecule has 0 heterocycles. The van der Waals surface area contributed by atoms with Gasteiger partial charge in [0.25, 0.3) is 0 Å². The Morgan fingerprint density at radius 3 is 2.65 bits per heavy atom. The summed E-state index contributed by atoms with van der Waals surface area (Å²) < 4.78 is 4.76. The predicted molar refractivity (Wildman–Crippen MR) is 66.2 cm³/mol. The highest BCUT2D eigenvalue weighted by atomic mass is 35.5. The molecule has 92 valence electrons. The van der Waals surface area contributed by atoms with Gasteiger partial charge in [-0.1, -0.05) is 24.3 Å². The number of ketones is 1. The van der Waals surface area contributed by atoms with Crippen molar-refractivity contribution in [3.63, 3.8) is 0 Å². The molecule has 1 aromatic carbocycles. The molecule has 0 bridgehead atoms. The van der Waals surface area contributed by atoms with Gasteiger partial charge in [-0.15, -0.1) is 0 Å². The number of aryl methyl sites for hydroxylation is 1. The summed E-state index contributed by atoms with van der Waals surface area (Å²) in [6, 6.07) is 7.55. The number of hydrogen-bond acceptors (Lipinski definition) is 3. The molecule has 0 atom stereocenters. The molecular weight excluding hydrogens is 240 g/mol. The van der Waals surface area contributed by atoms with Gasteiger partial charge in [0, 0.05) is 20.0 Å². The number of carbonyl (C=O) groups excluding carboxylic acids is 2. The highest BCUT2D eigenvalue weighted by Gasteiger charge is 2.04. The van der Waals surface area contributed by atoms with Crippen LogP contribution in [0, 0.1) is 0 Å². The van der Waals surface area contributed by atoms with Crippen LogP contribution in [0.5, 0.6) is 0 Å². The minimum absolute atomic E-state index is 0.0753. The van der Waals surface area contributed by atoms with Gasteiger partial charge < -0.3 is 4.74 Å². The molecule has 0 unspecified atom stereocenters. The van der Waals surface area contributed by atoms with Crippen LogP contribution < -0.4 is 0 Å². The maximum absolute atomic E-state index is 11.3. The zero-order valence-corrected chi connectivity index (χ0v) is 10.5. The van der Waals surface area contributed by atoms with Gasteiger partial charge in [-0.25, -0.2) is 0 Å². The van der Waals surface area contributed by atoms with E-state index in [1.54, 1.807) is 0 Å². The van der Waals surface area contributed by atoms with E-state index in [0.717, 1.165) is 11.1 Å². The van der Waals surface area contributed by atoms with Gasteiger partial charge in [0.15, 0.2) is 5.78 Å². The van der Waals surface area contributed by atoms with Gasteiger partial charge in [-0.05, 0) is 29.1 Å². The third-order valence-electron chi connectivity index (χ3n) is 2.33. The van der Waals surface area contributed by atoms with Crippen LogP contribution in [0.1, 0.15) is 17.5 Å². The zero-order chi connectivity index (χ0) is 12.7. The van der Waals surface area contributed by atoms with Gasteiger partial charge in [0.1, 0.15) is 6.61 Å². The Bertz CT molecular complexity index is 401. The first-order valence-electron chi connectivity index (χ1n) is 5.38. The Labute approximate surface area is 106 Å². The lowest BCUT2D eigenvalue weighted by Crippen LogP contribution is -2.07. The lowest BCUT2D eigenvalue weighted by atomic mass is 10.0. The molecule has 0 saturated carbocycles. The number of benzene rings is 1. The van der Waals surface area contributed by atoms with Crippen LogP contribution in [0.3, 0.4) is 0 Å². The lowest BCUT2D eigenvalue weighted by Gasteiger charge is -2.03. The number of hydrogen-bond donors (Lipinski definition) is 0. The van der Waals surface area contributed by atoms with E-state index in [4.69, 9.17) is 16.3 Å². The monoisotopic (exact) mass is 254 g/mol. The van der Waals surface area contributed by atoms with Crippen molar-refractivity contribution in [2.24, 2.45) is 0 Å². The molecular formula is C13H15ClO3. The van der Waals surface area contributed by atoms with Crippen LogP contribution in [-0.4, -0.2) is 24.7 Å². The van der Waals surface area contributed by atoms with Gasteiger partial charge in [-0.3, -0.25) is 9.59 Å². The van der Waals surface area contributed by atoms with Crippen LogP contribution in [0.4, 0.5) is 0 Å². The summed E-state index contributed by atoms with van der Waals surface area (Å²) >= 11 is 5.32. The molecule has 0 radical (unpaired) electrons. The van der Waals surface area contributed by atoms with E-state index >= 15 is 0 Å². The van der Waals surface area contributed by atoms with E-state index in [-0.39, 0.29) is 24.1 Å². The first kappa shape index (κ1) is 13.9. The third-order valence-corrected chi connectivity index (χ3v) is 2.47. The summed E-state index contributed by atoms with van der Waals surface area (Å²) in [5, 5.41) is -0.377. The molecule has 17 heavy (non-hydrogen) atoms. The van der Waals surface area contributed by atoms with Gasteiger partial charge in [0.2, 0.25) is 5.24 Å². The first-order chi connectivity index (χ1) is 8.11. The topological polar surface area (TPSA) is 43.4 Å². The highest BCUT2D eigenvalue weighted by molar-refractivity contribution is 6.63. The van der Waals surface area contributed by atoms with Crippen LogP contribution in [0.2, 0.25) is 0 Å². The molecule has 0 saturated heterocycles.